The van der Waals surface area contributed by atoms with Crippen LogP contribution < -0.4 is 0 Å². The predicted octanol–water partition coefficient (Wildman–Crippen LogP) is 4.56. The molecule has 1 aromatic rings. The molecule has 5 heteroatoms. The fourth-order valence-corrected chi connectivity index (χ4v) is 2.64. The van der Waals surface area contributed by atoms with E-state index in [0.717, 1.165) is 36.1 Å². The van der Waals surface area contributed by atoms with Crippen molar-refractivity contribution in [3.8, 4) is 0 Å². The van der Waals surface area contributed by atoms with E-state index in [-0.39, 0.29) is 0 Å². The van der Waals surface area contributed by atoms with Gasteiger partial charge >= 0.3 is 6.18 Å². The van der Waals surface area contributed by atoms with Crippen LogP contribution in [0.4, 0.5) is 13.2 Å². The number of fused-ring (bicyclic) bond motifs is 1. The largest absolute Gasteiger partial charge is 0.498 e. The van der Waals surface area contributed by atoms with Gasteiger partial charge in [0, 0.05) is 12.7 Å². The van der Waals surface area contributed by atoms with Crippen molar-refractivity contribution >= 4 is 5.57 Å². The number of methoxy groups -OCH3 is 2. The number of halogens is 3. The van der Waals surface area contributed by atoms with Gasteiger partial charge in [0.05, 0.1) is 12.7 Å². The molecule has 0 radical (unpaired) electrons. The van der Waals surface area contributed by atoms with Gasteiger partial charge in [0.2, 0.25) is 0 Å². The standard InChI is InChI=1S/C15H17F3O2/c1-4-5-11-10-7-6-9(15(16,17)18)8-12(10)14(20-3)13(11)19-2/h6-8,14H,4-5H2,1-3H3. The lowest BCUT2D eigenvalue weighted by Gasteiger charge is -2.15. The first-order valence-electron chi connectivity index (χ1n) is 6.45. The fourth-order valence-electron chi connectivity index (χ4n) is 2.64. The van der Waals surface area contributed by atoms with Gasteiger partial charge in [0.25, 0.3) is 0 Å². The van der Waals surface area contributed by atoms with E-state index in [1.165, 1.54) is 20.3 Å². The van der Waals surface area contributed by atoms with Gasteiger partial charge in [-0.3, -0.25) is 0 Å². The molecule has 0 aromatic heterocycles. The zero-order valence-corrected chi connectivity index (χ0v) is 11.7. The molecule has 2 rings (SSSR count). The molecule has 1 unspecified atom stereocenters. The Kier molecular flexibility index (Phi) is 4.09. The minimum atomic E-state index is -4.35. The molecule has 0 amide bonds. The number of hydrogen-bond donors (Lipinski definition) is 0. The topological polar surface area (TPSA) is 18.5 Å². The number of rotatable bonds is 4. The van der Waals surface area contributed by atoms with Gasteiger partial charge in [-0.2, -0.15) is 13.2 Å². The second-order valence-electron chi connectivity index (χ2n) is 4.71. The number of benzene rings is 1. The van der Waals surface area contributed by atoms with Crippen LogP contribution in [-0.2, 0) is 15.7 Å². The van der Waals surface area contributed by atoms with Gasteiger partial charge in [-0.1, -0.05) is 19.4 Å². The first-order valence-corrected chi connectivity index (χ1v) is 6.45. The quantitative estimate of drug-likeness (QED) is 0.807. The molecule has 0 heterocycles. The van der Waals surface area contributed by atoms with Gasteiger partial charge in [-0.15, -0.1) is 0 Å². The summed E-state index contributed by atoms with van der Waals surface area (Å²) in [5.74, 6) is 0.615. The van der Waals surface area contributed by atoms with Crippen molar-refractivity contribution in [1.29, 1.82) is 0 Å². The third-order valence-corrected chi connectivity index (χ3v) is 3.48. The van der Waals surface area contributed by atoms with E-state index in [1.54, 1.807) is 0 Å². The Labute approximate surface area is 116 Å². The van der Waals surface area contributed by atoms with Crippen molar-refractivity contribution in [1.82, 2.24) is 0 Å². The van der Waals surface area contributed by atoms with Crippen LogP contribution in [-0.4, -0.2) is 14.2 Å². The first kappa shape index (κ1) is 14.9. The summed E-state index contributed by atoms with van der Waals surface area (Å²) in [4.78, 5) is 0. The lowest BCUT2D eigenvalue weighted by Crippen LogP contribution is -2.08. The van der Waals surface area contributed by atoms with Crippen molar-refractivity contribution in [3.05, 3.63) is 40.6 Å². The Morgan fingerprint density at radius 1 is 1.20 bits per heavy atom. The molecular weight excluding hydrogens is 269 g/mol. The molecule has 2 nitrogen and oxygen atoms in total. The maximum Gasteiger partial charge on any atom is 0.416 e. The molecule has 1 aliphatic carbocycles. The van der Waals surface area contributed by atoms with Crippen molar-refractivity contribution in [3.63, 3.8) is 0 Å². The summed E-state index contributed by atoms with van der Waals surface area (Å²) >= 11 is 0. The van der Waals surface area contributed by atoms with Gasteiger partial charge in [0.15, 0.2) is 0 Å². The van der Waals surface area contributed by atoms with Gasteiger partial charge in [-0.25, -0.2) is 0 Å². The highest BCUT2D eigenvalue weighted by Crippen LogP contribution is 2.46. The van der Waals surface area contributed by atoms with Crippen molar-refractivity contribution < 1.29 is 22.6 Å². The van der Waals surface area contributed by atoms with Crippen LogP contribution in [0.2, 0.25) is 0 Å². The molecule has 0 N–H and O–H groups in total. The van der Waals surface area contributed by atoms with Crippen molar-refractivity contribution in [2.24, 2.45) is 0 Å². The highest BCUT2D eigenvalue weighted by molar-refractivity contribution is 5.76. The molecule has 0 spiro atoms. The molecule has 20 heavy (non-hydrogen) atoms. The summed E-state index contributed by atoms with van der Waals surface area (Å²) in [6.07, 6.45) is -3.27. The summed E-state index contributed by atoms with van der Waals surface area (Å²) in [7, 11) is 3.00. The molecular formula is C15H17F3O2. The average Bonchev–Trinajstić information content (AvgIpc) is 2.70. The maximum absolute atomic E-state index is 12.8. The minimum Gasteiger partial charge on any atom is -0.498 e. The van der Waals surface area contributed by atoms with Crippen LogP contribution in [0, 0.1) is 0 Å². The second kappa shape index (κ2) is 5.48. The lowest BCUT2D eigenvalue weighted by molar-refractivity contribution is -0.137. The molecule has 0 aliphatic heterocycles. The number of alkyl halides is 3. The monoisotopic (exact) mass is 286 g/mol. The van der Waals surface area contributed by atoms with E-state index < -0.39 is 17.8 Å². The van der Waals surface area contributed by atoms with Crippen LogP contribution >= 0.6 is 0 Å². The van der Waals surface area contributed by atoms with E-state index in [2.05, 4.69) is 0 Å². The van der Waals surface area contributed by atoms with Crippen molar-refractivity contribution in [2.45, 2.75) is 32.0 Å². The molecule has 0 fully saturated rings. The zero-order valence-electron chi connectivity index (χ0n) is 11.7. The van der Waals surface area contributed by atoms with Crippen LogP contribution in [0.15, 0.2) is 24.0 Å². The second-order valence-corrected chi connectivity index (χ2v) is 4.71. The minimum absolute atomic E-state index is 0.530. The summed E-state index contributed by atoms with van der Waals surface area (Å²) in [5.41, 5.74) is 1.60. The number of hydrogen-bond acceptors (Lipinski definition) is 2. The summed E-state index contributed by atoms with van der Waals surface area (Å²) in [6, 6.07) is 3.78. The molecule has 110 valence electrons. The normalized spacial score (nSPS) is 18.4. The van der Waals surface area contributed by atoms with E-state index in [9.17, 15) is 13.2 Å². The summed E-state index contributed by atoms with van der Waals surface area (Å²) in [5, 5.41) is 0. The highest BCUT2D eigenvalue weighted by atomic mass is 19.4. The Bertz CT molecular complexity index is 532. The molecule has 0 saturated carbocycles. The molecule has 0 bridgehead atoms. The number of allylic oxidation sites excluding steroid dienone is 1. The van der Waals surface area contributed by atoms with Gasteiger partial charge in [0.1, 0.15) is 11.9 Å². The fraction of sp³-hybridized carbons (Fsp3) is 0.467. The number of ether oxygens (including phenoxy) is 2. The summed E-state index contributed by atoms with van der Waals surface area (Å²) < 4.78 is 49.2. The van der Waals surface area contributed by atoms with Crippen molar-refractivity contribution in [2.75, 3.05) is 14.2 Å². The van der Waals surface area contributed by atoms with Crippen LogP contribution in [0.1, 0.15) is 42.6 Å². The Morgan fingerprint density at radius 2 is 1.90 bits per heavy atom. The first-order chi connectivity index (χ1) is 9.43. The zero-order chi connectivity index (χ0) is 14.9. The van der Waals surface area contributed by atoms with Gasteiger partial charge in [-0.05, 0) is 29.7 Å². The smallest absolute Gasteiger partial charge is 0.416 e. The third kappa shape index (κ3) is 2.42. The highest BCUT2D eigenvalue weighted by Gasteiger charge is 2.36. The Morgan fingerprint density at radius 3 is 2.40 bits per heavy atom. The van der Waals surface area contributed by atoms with E-state index in [0.29, 0.717) is 11.3 Å². The molecule has 0 saturated heterocycles. The van der Waals surface area contributed by atoms with E-state index in [4.69, 9.17) is 9.47 Å². The van der Waals surface area contributed by atoms with Crippen LogP contribution in [0.5, 0.6) is 0 Å². The Balaban J connectivity index is 2.54. The molecule has 1 atom stereocenters. The van der Waals surface area contributed by atoms with Crippen LogP contribution in [0.25, 0.3) is 5.57 Å². The van der Waals surface area contributed by atoms with E-state index >= 15 is 0 Å². The SMILES string of the molecule is CCCC1=C(OC)C(OC)c2cc(C(F)(F)F)ccc21. The predicted molar refractivity (Wildman–Crippen MR) is 70.0 cm³/mol. The molecule has 1 aliphatic rings. The maximum atomic E-state index is 12.8. The van der Waals surface area contributed by atoms with Gasteiger partial charge < -0.3 is 9.47 Å². The third-order valence-electron chi connectivity index (χ3n) is 3.48. The van der Waals surface area contributed by atoms with Crippen LogP contribution in [0.3, 0.4) is 0 Å². The lowest BCUT2D eigenvalue weighted by atomic mass is 9.99. The summed E-state index contributed by atoms with van der Waals surface area (Å²) in [6.45, 7) is 2.02. The average molecular weight is 286 g/mol. The molecule has 1 aromatic carbocycles. The Hall–Kier alpha value is -1.49. The van der Waals surface area contributed by atoms with E-state index in [1.807, 2.05) is 6.92 Å².